The van der Waals surface area contributed by atoms with Crippen LogP contribution in [0.2, 0.25) is 0 Å². The number of rotatable bonds is 7. The third-order valence-corrected chi connectivity index (χ3v) is 4.60. The highest BCUT2D eigenvalue weighted by Crippen LogP contribution is 2.29. The molecule has 0 bridgehead atoms. The van der Waals surface area contributed by atoms with Crippen molar-refractivity contribution in [1.29, 1.82) is 0 Å². The molecule has 3 rings (SSSR count). The quantitative estimate of drug-likeness (QED) is 0.427. The van der Waals surface area contributed by atoms with Gasteiger partial charge < -0.3 is 11.1 Å². The van der Waals surface area contributed by atoms with Crippen LogP contribution in [0.1, 0.15) is 23.7 Å². The number of hydrogen-bond donors (Lipinski definition) is 2. The third-order valence-electron chi connectivity index (χ3n) is 4.60. The van der Waals surface area contributed by atoms with E-state index in [0.29, 0.717) is 12.2 Å². The van der Waals surface area contributed by atoms with Gasteiger partial charge in [0.05, 0.1) is 22.8 Å². The minimum atomic E-state index is 0.539. The maximum absolute atomic E-state index is 5.88. The van der Waals surface area contributed by atoms with Crippen LogP contribution in [-0.2, 0) is 13.0 Å². The molecule has 5 nitrogen and oxygen atoms in total. The molecular formula is C26H31N5. The molecule has 2 heterocycles. The fraction of sp³-hybridized carbons (Fsp3) is 0.192. The van der Waals surface area contributed by atoms with Gasteiger partial charge in [-0.15, -0.1) is 0 Å². The molecule has 0 saturated heterocycles. The first kappa shape index (κ1) is 23.9. The van der Waals surface area contributed by atoms with Crippen LogP contribution in [0, 0.1) is 0 Å². The Balaban J connectivity index is 0.00000107. The first-order valence-electron chi connectivity index (χ1n) is 10.3. The van der Waals surface area contributed by atoms with E-state index < -0.39 is 0 Å². The molecular weight excluding hydrogens is 382 g/mol. The van der Waals surface area contributed by atoms with Crippen molar-refractivity contribution in [2.45, 2.75) is 19.9 Å². The lowest BCUT2D eigenvalue weighted by Crippen LogP contribution is -2.01. The number of nitrogens with zero attached hydrogens (tertiary/aromatic N) is 3. The highest BCUT2D eigenvalue weighted by atomic mass is 14.8. The molecule has 0 aliphatic rings. The van der Waals surface area contributed by atoms with Gasteiger partial charge in [-0.2, -0.15) is 0 Å². The Hall–Kier alpha value is -3.41. The molecule has 5 heteroatoms. The largest absolute Gasteiger partial charge is 0.326 e. The summed E-state index contributed by atoms with van der Waals surface area (Å²) in [4.78, 5) is 13.3. The summed E-state index contributed by atoms with van der Waals surface area (Å²) >= 11 is 0. The predicted molar refractivity (Wildman–Crippen MR) is 133 cm³/mol. The van der Waals surface area contributed by atoms with Crippen LogP contribution < -0.4 is 11.1 Å². The SMILES string of the molecule is C=C/C=C(\N=C)c1cc(-c2ccc(CN)c(CC)c2)cc(-c2ccccn2)n1.CNC. The van der Waals surface area contributed by atoms with E-state index in [1.54, 1.807) is 18.3 Å². The average molecular weight is 414 g/mol. The van der Waals surface area contributed by atoms with Gasteiger partial charge in [0.25, 0.3) is 0 Å². The van der Waals surface area contributed by atoms with Crippen molar-refractivity contribution in [2.75, 3.05) is 14.1 Å². The summed E-state index contributed by atoms with van der Waals surface area (Å²) in [5, 5.41) is 2.75. The van der Waals surface area contributed by atoms with Crippen molar-refractivity contribution < 1.29 is 0 Å². The fourth-order valence-corrected chi connectivity index (χ4v) is 3.14. The highest BCUT2D eigenvalue weighted by Gasteiger charge is 2.11. The van der Waals surface area contributed by atoms with Crippen molar-refractivity contribution in [2.24, 2.45) is 10.7 Å². The van der Waals surface area contributed by atoms with Crippen LogP contribution in [0.4, 0.5) is 0 Å². The Bertz CT molecular complexity index is 1040. The topological polar surface area (TPSA) is 76.2 Å². The van der Waals surface area contributed by atoms with Crippen molar-refractivity contribution in [1.82, 2.24) is 15.3 Å². The summed E-state index contributed by atoms with van der Waals surface area (Å²) < 4.78 is 0. The molecule has 1 aromatic carbocycles. The second-order valence-corrected chi connectivity index (χ2v) is 6.83. The van der Waals surface area contributed by atoms with Gasteiger partial charge in [0.15, 0.2) is 0 Å². The molecule has 3 N–H and O–H groups in total. The molecule has 0 saturated carbocycles. The molecule has 0 unspecified atom stereocenters. The minimum Gasteiger partial charge on any atom is -0.326 e. The Kier molecular flexibility index (Phi) is 9.49. The maximum Gasteiger partial charge on any atom is 0.0900 e. The van der Waals surface area contributed by atoms with E-state index in [2.05, 4.69) is 59.8 Å². The van der Waals surface area contributed by atoms with E-state index in [4.69, 9.17) is 10.7 Å². The van der Waals surface area contributed by atoms with E-state index in [-0.39, 0.29) is 0 Å². The van der Waals surface area contributed by atoms with E-state index in [1.807, 2.05) is 38.4 Å². The normalized spacial score (nSPS) is 10.8. The standard InChI is InChI=1S/C24H24N4.C2H7N/c1-4-8-21(26-3)23-14-20(15-24(28-23)22-9-6-7-12-27-22)18-10-11-19(16-25)17(5-2)13-18;1-3-2/h4,6-15H,1,3,5,16,25H2,2H3;3H,1-2H3/b21-8-;. The summed E-state index contributed by atoms with van der Waals surface area (Å²) in [6.45, 7) is 10.1. The van der Waals surface area contributed by atoms with Crippen LogP contribution in [0.25, 0.3) is 28.2 Å². The number of hydrogen-bond acceptors (Lipinski definition) is 5. The molecule has 0 aliphatic heterocycles. The van der Waals surface area contributed by atoms with Crippen molar-refractivity contribution >= 4 is 12.4 Å². The first-order valence-corrected chi connectivity index (χ1v) is 10.3. The van der Waals surface area contributed by atoms with E-state index >= 15 is 0 Å². The zero-order chi connectivity index (χ0) is 22.6. The maximum atomic E-state index is 5.88. The predicted octanol–water partition coefficient (Wildman–Crippen LogP) is 4.89. The summed E-state index contributed by atoms with van der Waals surface area (Å²) in [5.41, 5.74) is 13.4. The molecule has 0 atom stereocenters. The van der Waals surface area contributed by atoms with Crippen molar-refractivity contribution in [3.63, 3.8) is 0 Å². The minimum absolute atomic E-state index is 0.539. The summed E-state index contributed by atoms with van der Waals surface area (Å²) in [6.07, 6.45) is 6.18. The lowest BCUT2D eigenvalue weighted by Gasteiger charge is -2.12. The Morgan fingerprint density at radius 3 is 2.42 bits per heavy atom. The van der Waals surface area contributed by atoms with Gasteiger partial charge >= 0.3 is 0 Å². The number of nitrogens with one attached hydrogen (secondary N) is 1. The number of benzene rings is 1. The Morgan fingerprint density at radius 1 is 1.06 bits per heavy atom. The molecule has 2 aromatic heterocycles. The third kappa shape index (κ3) is 6.28. The first-order chi connectivity index (χ1) is 15.1. The lowest BCUT2D eigenvalue weighted by atomic mass is 9.96. The molecule has 0 radical (unpaired) electrons. The summed E-state index contributed by atoms with van der Waals surface area (Å²) in [7, 11) is 3.75. The number of aromatic nitrogens is 2. The van der Waals surface area contributed by atoms with Crippen LogP contribution in [-0.4, -0.2) is 30.8 Å². The summed E-state index contributed by atoms with van der Waals surface area (Å²) in [5.74, 6) is 0. The van der Waals surface area contributed by atoms with Crippen LogP contribution in [0.15, 0.2) is 78.5 Å². The smallest absolute Gasteiger partial charge is 0.0900 e. The van der Waals surface area contributed by atoms with Gasteiger partial charge in [0.2, 0.25) is 0 Å². The van der Waals surface area contributed by atoms with Gasteiger partial charge in [-0.05, 0) is 79.8 Å². The lowest BCUT2D eigenvalue weighted by molar-refractivity contribution is 1.00. The fourth-order valence-electron chi connectivity index (χ4n) is 3.14. The number of aryl methyl sites for hydroxylation is 1. The zero-order valence-electron chi connectivity index (χ0n) is 18.6. The molecule has 0 aliphatic carbocycles. The van der Waals surface area contributed by atoms with Gasteiger partial charge in [-0.25, -0.2) is 4.98 Å². The van der Waals surface area contributed by atoms with Crippen molar-refractivity contribution in [3.05, 3.63) is 90.3 Å². The molecule has 160 valence electrons. The van der Waals surface area contributed by atoms with E-state index in [9.17, 15) is 0 Å². The molecule has 0 spiro atoms. The number of allylic oxidation sites excluding steroid dienone is 2. The average Bonchev–Trinajstić information content (AvgIpc) is 2.82. The Morgan fingerprint density at radius 2 is 1.84 bits per heavy atom. The summed E-state index contributed by atoms with van der Waals surface area (Å²) in [6, 6.07) is 16.3. The number of nitrogens with two attached hydrogens (primary N) is 1. The highest BCUT2D eigenvalue weighted by molar-refractivity contribution is 5.76. The van der Waals surface area contributed by atoms with Gasteiger partial charge in [0.1, 0.15) is 0 Å². The second-order valence-electron chi connectivity index (χ2n) is 6.83. The Labute approximate surface area is 185 Å². The number of aliphatic imine (C=N–C) groups is 1. The van der Waals surface area contributed by atoms with Gasteiger partial charge in [0, 0.05) is 12.7 Å². The van der Waals surface area contributed by atoms with Crippen LogP contribution >= 0.6 is 0 Å². The molecule has 0 amide bonds. The second kappa shape index (κ2) is 12.3. The van der Waals surface area contributed by atoms with E-state index in [0.717, 1.165) is 34.6 Å². The monoisotopic (exact) mass is 413 g/mol. The molecule has 3 aromatic rings. The molecule has 0 fully saturated rings. The van der Waals surface area contributed by atoms with Crippen LogP contribution in [0.3, 0.4) is 0 Å². The zero-order valence-corrected chi connectivity index (χ0v) is 18.6. The van der Waals surface area contributed by atoms with Gasteiger partial charge in [-0.3, -0.25) is 9.98 Å². The van der Waals surface area contributed by atoms with Crippen LogP contribution in [0.5, 0.6) is 0 Å². The van der Waals surface area contributed by atoms with Crippen molar-refractivity contribution in [3.8, 4) is 22.5 Å². The van der Waals surface area contributed by atoms with E-state index in [1.165, 1.54) is 11.1 Å². The number of pyridine rings is 2. The molecule has 31 heavy (non-hydrogen) atoms. The van der Waals surface area contributed by atoms with Gasteiger partial charge in [-0.1, -0.05) is 43.8 Å².